The number of aromatic nitrogens is 2. The maximum atomic E-state index is 5.90. The molecule has 1 fully saturated rings. The third kappa shape index (κ3) is 2.75. The van der Waals surface area contributed by atoms with Crippen molar-refractivity contribution in [1.82, 2.24) is 9.97 Å². The Morgan fingerprint density at radius 2 is 2.18 bits per heavy atom. The smallest absolute Gasteiger partial charge is 0.150 e. The molecule has 1 aromatic heterocycles. The molecule has 1 aliphatic heterocycles. The van der Waals surface area contributed by atoms with Gasteiger partial charge in [0.1, 0.15) is 0 Å². The fourth-order valence-electron chi connectivity index (χ4n) is 2.50. The molecule has 2 N–H and O–H groups in total. The van der Waals surface area contributed by atoms with Crippen LogP contribution in [-0.2, 0) is 0 Å². The molecule has 0 aromatic carbocycles. The van der Waals surface area contributed by atoms with E-state index in [0.29, 0.717) is 12.6 Å². The fraction of sp³-hybridized carbons (Fsp3) is 0.692. The van der Waals surface area contributed by atoms with E-state index >= 15 is 0 Å². The number of hydrogen-bond donors (Lipinski definition) is 1. The lowest BCUT2D eigenvalue weighted by Gasteiger charge is -2.31. The molecule has 94 valence electrons. The Labute approximate surface area is 103 Å². The van der Waals surface area contributed by atoms with Gasteiger partial charge in [-0.3, -0.25) is 4.98 Å². The molecule has 1 aromatic rings. The highest BCUT2D eigenvalue weighted by Crippen LogP contribution is 2.24. The highest BCUT2D eigenvalue weighted by atomic mass is 15.2. The van der Waals surface area contributed by atoms with Gasteiger partial charge in [0.2, 0.25) is 0 Å². The lowest BCUT2D eigenvalue weighted by Crippen LogP contribution is -2.41. The van der Waals surface area contributed by atoms with Crippen molar-refractivity contribution in [3.8, 4) is 0 Å². The monoisotopic (exact) mass is 234 g/mol. The summed E-state index contributed by atoms with van der Waals surface area (Å²) in [7, 11) is 0. The van der Waals surface area contributed by atoms with E-state index in [1.54, 1.807) is 0 Å². The van der Waals surface area contributed by atoms with E-state index in [2.05, 4.69) is 14.9 Å². The summed E-state index contributed by atoms with van der Waals surface area (Å²) in [5.41, 5.74) is 7.89. The summed E-state index contributed by atoms with van der Waals surface area (Å²) in [4.78, 5) is 11.4. The van der Waals surface area contributed by atoms with Crippen LogP contribution in [0.3, 0.4) is 0 Å². The zero-order valence-electron chi connectivity index (χ0n) is 10.8. The predicted octanol–water partition coefficient (Wildman–Crippen LogP) is 1.80. The Morgan fingerprint density at radius 3 is 2.94 bits per heavy atom. The molecule has 0 amide bonds. The van der Waals surface area contributed by atoms with Gasteiger partial charge in [-0.2, -0.15) is 0 Å². The van der Waals surface area contributed by atoms with E-state index in [9.17, 15) is 0 Å². The lowest BCUT2D eigenvalue weighted by molar-refractivity contribution is 0.573. The van der Waals surface area contributed by atoms with Crippen LogP contribution in [0.25, 0.3) is 0 Å². The van der Waals surface area contributed by atoms with Gasteiger partial charge in [0.05, 0.1) is 11.4 Å². The molecule has 1 unspecified atom stereocenters. The molecule has 0 bridgehead atoms. The van der Waals surface area contributed by atoms with Crippen molar-refractivity contribution in [3.63, 3.8) is 0 Å². The van der Waals surface area contributed by atoms with Crippen molar-refractivity contribution < 1.29 is 0 Å². The summed E-state index contributed by atoms with van der Waals surface area (Å²) < 4.78 is 0. The first kappa shape index (κ1) is 12.3. The van der Waals surface area contributed by atoms with Crippen LogP contribution in [0.5, 0.6) is 0 Å². The van der Waals surface area contributed by atoms with Crippen LogP contribution in [0.2, 0.25) is 0 Å². The van der Waals surface area contributed by atoms with Crippen molar-refractivity contribution in [2.75, 3.05) is 18.0 Å². The molecule has 0 spiro atoms. The van der Waals surface area contributed by atoms with E-state index in [4.69, 9.17) is 5.73 Å². The van der Waals surface area contributed by atoms with Crippen LogP contribution in [-0.4, -0.2) is 29.1 Å². The largest absolute Gasteiger partial charge is 0.351 e. The average Bonchev–Trinajstić information content (AvgIpc) is 2.57. The standard InChI is InChI=1S/C13H22N4/c1-10-9-15-11(2)13(16-10)17-7-5-3-4-6-12(17)8-14/h9,12H,3-8,14H2,1-2H3. The minimum Gasteiger partial charge on any atom is -0.351 e. The molecule has 1 atom stereocenters. The van der Waals surface area contributed by atoms with Gasteiger partial charge in [0.25, 0.3) is 0 Å². The molecule has 2 heterocycles. The second kappa shape index (κ2) is 5.45. The van der Waals surface area contributed by atoms with E-state index in [0.717, 1.165) is 23.8 Å². The van der Waals surface area contributed by atoms with Gasteiger partial charge in [0.15, 0.2) is 5.82 Å². The highest BCUT2D eigenvalue weighted by molar-refractivity contribution is 5.44. The maximum Gasteiger partial charge on any atom is 0.150 e. The molecule has 4 heteroatoms. The SMILES string of the molecule is Cc1cnc(C)c(N2CCCCCC2CN)n1. The number of anilines is 1. The summed E-state index contributed by atoms with van der Waals surface area (Å²) in [6, 6.07) is 0.423. The summed E-state index contributed by atoms with van der Waals surface area (Å²) in [6.45, 7) is 5.78. The van der Waals surface area contributed by atoms with Crippen molar-refractivity contribution in [3.05, 3.63) is 17.6 Å². The number of aryl methyl sites for hydroxylation is 2. The van der Waals surface area contributed by atoms with Gasteiger partial charge in [-0.05, 0) is 26.7 Å². The van der Waals surface area contributed by atoms with Gasteiger partial charge in [-0.15, -0.1) is 0 Å². The molecule has 4 nitrogen and oxygen atoms in total. The summed E-state index contributed by atoms with van der Waals surface area (Å²) in [5.74, 6) is 1.03. The fourth-order valence-corrected chi connectivity index (χ4v) is 2.50. The minimum atomic E-state index is 0.423. The zero-order chi connectivity index (χ0) is 12.3. The third-order valence-corrected chi connectivity index (χ3v) is 3.47. The maximum absolute atomic E-state index is 5.90. The van der Waals surface area contributed by atoms with Gasteiger partial charge in [-0.1, -0.05) is 12.8 Å². The number of nitrogens with two attached hydrogens (primary N) is 1. The second-order valence-electron chi connectivity index (χ2n) is 4.85. The minimum absolute atomic E-state index is 0.423. The van der Waals surface area contributed by atoms with Gasteiger partial charge in [0, 0.05) is 25.3 Å². The quantitative estimate of drug-likeness (QED) is 0.847. The number of rotatable bonds is 2. The zero-order valence-corrected chi connectivity index (χ0v) is 10.8. The van der Waals surface area contributed by atoms with Gasteiger partial charge in [-0.25, -0.2) is 4.98 Å². The average molecular weight is 234 g/mol. The Balaban J connectivity index is 2.31. The van der Waals surface area contributed by atoms with E-state index < -0.39 is 0 Å². The topological polar surface area (TPSA) is 55.0 Å². The molecule has 17 heavy (non-hydrogen) atoms. The summed E-state index contributed by atoms with van der Waals surface area (Å²) in [5, 5.41) is 0. The van der Waals surface area contributed by atoms with Crippen LogP contribution in [0.1, 0.15) is 37.1 Å². The first-order valence-corrected chi connectivity index (χ1v) is 6.49. The molecule has 0 saturated carbocycles. The number of nitrogens with zero attached hydrogens (tertiary/aromatic N) is 3. The molecule has 2 rings (SSSR count). The Hall–Kier alpha value is -1.16. The van der Waals surface area contributed by atoms with E-state index in [-0.39, 0.29) is 0 Å². The first-order chi connectivity index (χ1) is 8.22. The highest BCUT2D eigenvalue weighted by Gasteiger charge is 2.22. The summed E-state index contributed by atoms with van der Waals surface area (Å²) >= 11 is 0. The van der Waals surface area contributed by atoms with Crippen molar-refractivity contribution in [2.24, 2.45) is 5.73 Å². The van der Waals surface area contributed by atoms with E-state index in [1.807, 2.05) is 20.0 Å². The van der Waals surface area contributed by atoms with Gasteiger partial charge < -0.3 is 10.6 Å². The van der Waals surface area contributed by atoms with Crippen molar-refractivity contribution in [2.45, 2.75) is 45.6 Å². The van der Waals surface area contributed by atoms with Gasteiger partial charge >= 0.3 is 0 Å². The molecule has 0 radical (unpaired) electrons. The molecular weight excluding hydrogens is 212 g/mol. The molecule has 0 aliphatic carbocycles. The predicted molar refractivity (Wildman–Crippen MR) is 70.2 cm³/mol. The lowest BCUT2D eigenvalue weighted by atomic mass is 10.1. The molecular formula is C13H22N4. The van der Waals surface area contributed by atoms with Crippen LogP contribution in [0.4, 0.5) is 5.82 Å². The second-order valence-corrected chi connectivity index (χ2v) is 4.85. The van der Waals surface area contributed by atoms with Crippen LogP contribution in [0.15, 0.2) is 6.20 Å². The van der Waals surface area contributed by atoms with Crippen LogP contribution in [0, 0.1) is 13.8 Å². The Kier molecular flexibility index (Phi) is 3.94. The normalized spacial score (nSPS) is 21.4. The first-order valence-electron chi connectivity index (χ1n) is 6.49. The molecule has 1 saturated heterocycles. The van der Waals surface area contributed by atoms with Crippen molar-refractivity contribution in [1.29, 1.82) is 0 Å². The van der Waals surface area contributed by atoms with Crippen LogP contribution < -0.4 is 10.6 Å². The number of hydrogen-bond acceptors (Lipinski definition) is 4. The Morgan fingerprint density at radius 1 is 1.35 bits per heavy atom. The summed E-state index contributed by atoms with van der Waals surface area (Å²) in [6.07, 6.45) is 6.80. The van der Waals surface area contributed by atoms with E-state index in [1.165, 1.54) is 25.7 Å². The van der Waals surface area contributed by atoms with Crippen molar-refractivity contribution >= 4 is 5.82 Å². The van der Waals surface area contributed by atoms with Crippen LogP contribution >= 0.6 is 0 Å². The molecule has 1 aliphatic rings. The third-order valence-electron chi connectivity index (χ3n) is 3.47. The Bertz CT molecular complexity index is 378.